The fourth-order valence-corrected chi connectivity index (χ4v) is 6.79. The van der Waals surface area contributed by atoms with E-state index in [0.717, 1.165) is 9.87 Å². The molecule has 0 aromatic heterocycles. The molecule has 0 spiro atoms. The number of amides is 2. The Labute approximate surface area is 280 Å². The number of hydrogen-bond donors (Lipinski definition) is 1. The van der Waals surface area contributed by atoms with Crippen molar-refractivity contribution >= 4 is 50.7 Å². The molecule has 11 heteroatoms. The van der Waals surface area contributed by atoms with Crippen molar-refractivity contribution in [3.8, 4) is 5.75 Å². The number of nitrogens with one attached hydrogen (secondary N) is 1. The van der Waals surface area contributed by atoms with Crippen LogP contribution in [0.5, 0.6) is 5.75 Å². The van der Waals surface area contributed by atoms with E-state index in [4.69, 9.17) is 27.9 Å². The fraction of sp³-hybridized carbons (Fsp3) is 0.257. The average molecular weight is 683 g/mol. The third-order valence-corrected chi connectivity index (χ3v) is 9.36. The third-order valence-electron chi connectivity index (χ3n) is 7.04. The fourth-order valence-electron chi connectivity index (χ4n) is 4.90. The van der Waals surface area contributed by atoms with Crippen molar-refractivity contribution in [2.75, 3.05) is 18.0 Å². The Balaban J connectivity index is 1.84. The van der Waals surface area contributed by atoms with Crippen molar-refractivity contribution in [3.63, 3.8) is 0 Å². The molecule has 8 nitrogen and oxygen atoms in total. The lowest BCUT2D eigenvalue weighted by molar-refractivity contribution is -0.140. The molecule has 0 aliphatic carbocycles. The quantitative estimate of drug-likeness (QED) is 0.178. The zero-order valence-corrected chi connectivity index (χ0v) is 28.4. The van der Waals surface area contributed by atoms with Gasteiger partial charge in [-0.15, -0.1) is 0 Å². The number of rotatable bonds is 12. The van der Waals surface area contributed by atoms with E-state index in [1.165, 1.54) is 42.3 Å². The predicted molar refractivity (Wildman–Crippen MR) is 183 cm³/mol. The summed E-state index contributed by atoms with van der Waals surface area (Å²) in [4.78, 5) is 29.9. The van der Waals surface area contributed by atoms with Crippen LogP contribution in [0.3, 0.4) is 0 Å². The van der Waals surface area contributed by atoms with E-state index in [2.05, 4.69) is 5.32 Å². The Morgan fingerprint density at radius 3 is 2.07 bits per heavy atom. The second-order valence-corrected chi connectivity index (χ2v) is 14.4. The second kappa shape index (κ2) is 15.0. The van der Waals surface area contributed by atoms with Crippen molar-refractivity contribution in [1.29, 1.82) is 0 Å². The molecule has 242 valence electrons. The maximum Gasteiger partial charge on any atom is 0.264 e. The van der Waals surface area contributed by atoms with Crippen LogP contribution < -0.4 is 14.4 Å². The lowest BCUT2D eigenvalue weighted by atomic mass is 10.0. The van der Waals surface area contributed by atoms with Crippen LogP contribution >= 0.6 is 23.2 Å². The molecule has 0 aliphatic rings. The summed E-state index contributed by atoms with van der Waals surface area (Å²) in [5.41, 5.74) is 1.06. The van der Waals surface area contributed by atoms with E-state index >= 15 is 0 Å². The Bertz CT molecular complexity index is 1760. The molecule has 4 aromatic rings. The lowest BCUT2D eigenvalue weighted by Gasteiger charge is -2.35. The third kappa shape index (κ3) is 9.02. The maximum absolute atomic E-state index is 14.6. The highest BCUT2D eigenvalue weighted by Gasteiger charge is 2.35. The van der Waals surface area contributed by atoms with E-state index in [1.807, 2.05) is 51.1 Å². The smallest absolute Gasteiger partial charge is 0.264 e. The van der Waals surface area contributed by atoms with Crippen molar-refractivity contribution in [2.24, 2.45) is 0 Å². The summed E-state index contributed by atoms with van der Waals surface area (Å²) in [6, 6.07) is 27.7. The van der Waals surface area contributed by atoms with Gasteiger partial charge < -0.3 is 15.0 Å². The van der Waals surface area contributed by atoms with Gasteiger partial charge in [0.2, 0.25) is 11.8 Å². The molecule has 2 amide bonds. The summed E-state index contributed by atoms with van der Waals surface area (Å²) in [5.74, 6) is -0.633. The van der Waals surface area contributed by atoms with Gasteiger partial charge in [0, 0.05) is 23.5 Å². The molecule has 0 aliphatic heterocycles. The van der Waals surface area contributed by atoms with Crippen LogP contribution in [-0.4, -0.2) is 50.4 Å². The van der Waals surface area contributed by atoms with Gasteiger partial charge in [0.05, 0.1) is 22.7 Å². The highest BCUT2D eigenvalue weighted by Crippen LogP contribution is 2.32. The minimum Gasteiger partial charge on any atom is -0.495 e. The summed E-state index contributed by atoms with van der Waals surface area (Å²) in [7, 11) is -2.82. The van der Waals surface area contributed by atoms with Gasteiger partial charge in [-0.1, -0.05) is 83.9 Å². The van der Waals surface area contributed by atoms with Gasteiger partial charge in [0.25, 0.3) is 10.0 Å². The van der Waals surface area contributed by atoms with E-state index in [9.17, 15) is 18.0 Å². The van der Waals surface area contributed by atoms with Gasteiger partial charge in [0.1, 0.15) is 18.3 Å². The van der Waals surface area contributed by atoms with Crippen LogP contribution in [0, 0.1) is 0 Å². The van der Waals surface area contributed by atoms with E-state index in [-0.39, 0.29) is 34.5 Å². The molecule has 0 unspecified atom stereocenters. The predicted octanol–water partition coefficient (Wildman–Crippen LogP) is 6.75. The molecule has 4 aromatic carbocycles. The zero-order valence-electron chi connectivity index (χ0n) is 26.1. The van der Waals surface area contributed by atoms with Crippen LogP contribution in [0.25, 0.3) is 0 Å². The Kier molecular flexibility index (Phi) is 11.4. The Morgan fingerprint density at radius 2 is 1.48 bits per heavy atom. The number of carbonyl (C=O) groups is 2. The monoisotopic (exact) mass is 681 g/mol. The van der Waals surface area contributed by atoms with Crippen molar-refractivity contribution in [3.05, 3.63) is 124 Å². The summed E-state index contributed by atoms with van der Waals surface area (Å²) in [5, 5.41) is 3.64. The summed E-state index contributed by atoms with van der Waals surface area (Å²) in [6.07, 6.45) is 0.189. The van der Waals surface area contributed by atoms with Crippen molar-refractivity contribution < 1.29 is 22.7 Å². The van der Waals surface area contributed by atoms with Gasteiger partial charge in [-0.25, -0.2) is 8.42 Å². The molecule has 0 bridgehead atoms. The van der Waals surface area contributed by atoms with Gasteiger partial charge in [0.15, 0.2) is 0 Å². The lowest BCUT2D eigenvalue weighted by Crippen LogP contribution is -2.56. The highest BCUT2D eigenvalue weighted by atomic mass is 35.5. The largest absolute Gasteiger partial charge is 0.495 e. The van der Waals surface area contributed by atoms with Crippen LogP contribution in [-0.2, 0) is 32.6 Å². The summed E-state index contributed by atoms with van der Waals surface area (Å²) in [6.45, 7) is 4.95. The Hall–Kier alpha value is -4.05. The van der Waals surface area contributed by atoms with E-state index in [1.54, 1.807) is 42.5 Å². The molecular formula is C35H37Cl2N3O5S. The number of carbonyl (C=O) groups excluding carboxylic acids is 2. The molecule has 0 saturated heterocycles. The molecule has 1 atom stereocenters. The van der Waals surface area contributed by atoms with Gasteiger partial charge in [-0.3, -0.25) is 13.9 Å². The summed E-state index contributed by atoms with van der Waals surface area (Å²) >= 11 is 12.7. The minimum absolute atomic E-state index is 0.00293. The molecule has 0 saturated carbocycles. The number of halogens is 2. The van der Waals surface area contributed by atoms with E-state index < -0.39 is 34.1 Å². The molecule has 1 N–H and O–H groups in total. The second-order valence-electron chi connectivity index (χ2n) is 11.7. The van der Waals surface area contributed by atoms with Crippen LogP contribution in [0.4, 0.5) is 5.69 Å². The normalized spacial score (nSPS) is 12.2. The number of sulfonamides is 1. The SMILES string of the molecule is COc1ccc(N(CC(=O)N(Cc2cccc(Cl)c2)[C@@H](Cc2ccccc2)C(=O)NC(C)(C)C)S(=O)(=O)c2ccccc2)cc1Cl. The first-order valence-corrected chi connectivity index (χ1v) is 16.8. The number of ether oxygens (including phenoxy) is 1. The highest BCUT2D eigenvalue weighted by molar-refractivity contribution is 7.92. The van der Waals surface area contributed by atoms with Crippen molar-refractivity contribution in [2.45, 2.75) is 50.2 Å². The topological polar surface area (TPSA) is 96.0 Å². The zero-order chi connectivity index (χ0) is 33.5. The summed E-state index contributed by atoms with van der Waals surface area (Å²) < 4.78 is 34.5. The van der Waals surface area contributed by atoms with Gasteiger partial charge in [-0.2, -0.15) is 0 Å². The molecular weight excluding hydrogens is 645 g/mol. The van der Waals surface area contributed by atoms with Crippen molar-refractivity contribution in [1.82, 2.24) is 10.2 Å². The maximum atomic E-state index is 14.6. The average Bonchev–Trinajstić information content (AvgIpc) is 3.01. The number of nitrogens with zero attached hydrogens (tertiary/aromatic N) is 2. The van der Waals surface area contributed by atoms with E-state index in [0.29, 0.717) is 16.3 Å². The van der Waals surface area contributed by atoms with Crippen LogP contribution in [0.15, 0.2) is 108 Å². The first-order valence-electron chi connectivity index (χ1n) is 14.6. The van der Waals surface area contributed by atoms with Crippen LogP contribution in [0.2, 0.25) is 10.0 Å². The first kappa shape index (κ1) is 34.8. The first-order chi connectivity index (χ1) is 21.8. The molecule has 46 heavy (non-hydrogen) atoms. The molecule has 0 heterocycles. The standard InChI is InChI=1S/C35H37Cl2N3O5S/c1-35(2,3)38-34(42)31(21-25-12-7-5-8-13-25)39(23-26-14-11-15-27(36)20-26)33(41)24-40(28-18-19-32(45-4)30(37)22-28)46(43,44)29-16-9-6-10-17-29/h5-20,22,31H,21,23-24H2,1-4H3,(H,38,42)/t31-/m0/s1. The number of methoxy groups -OCH3 is 1. The molecule has 4 rings (SSSR count). The number of benzene rings is 4. The molecule has 0 radical (unpaired) electrons. The number of anilines is 1. The van der Waals surface area contributed by atoms with Crippen LogP contribution in [0.1, 0.15) is 31.9 Å². The Morgan fingerprint density at radius 1 is 0.848 bits per heavy atom. The minimum atomic E-state index is -4.27. The van der Waals surface area contributed by atoms with Gasteiger partial charge >= 0.3 is 0 Å². The van der Waals surface area contributed by atoms with Gasteiger partial charge in [-0.05, 0) is 74.4 Å². The number of hydrogen-bond acceptors (Lipinski definition) is 5. The molecule has 0 fully saturated rings.